The lowest BCUT2D eigenvalue weighted by Crippen LogP contribution is -2.45. The maximum absolute atomic E-state index is 13.5. The molecule has 35 heavy (non-hydrogen) atoms. The van der Waals surface area contributed by atoms with E-state index in [1.807, 2.05) is 60.7 Å². The molecule has 1 heterocycles. The highest BCUT2D eigenvalue weighted by molar-refractivity contribution is 6.09. The molecule has 3 aromatic rings. The quantitative estimate of drug-likeness (QED) is 0.473. The molecule has 1 aliphatic rings. The summed E-state index contributed by atoms with van der Waals surface area (Å²) >= 11 is 0. The number of nitrogens with one attached hydrogen (secondary N) is 1. The van der Waals surface area contributed by atoms with Gasteiger partial charge in [-0.3, -0.25) is 14.5 Å². The molecule has 1 fully saturated rings. The average molecular weight is 474 g/mol. The van der Waals surface area contributed by atoms with Gasteiger partial charge in [0.15, 0.2) is 0 Å². The summed E-state index contributed by atoms with van der Waals surface area (Å²) < 4.78 is 13.5. The molecule has 7 heteroatoms. The molecule has 1 saturated heterocycles. The maximum Gasteiger partial charge on any atom is 0.325 e. The van der Waals surface area contributed by atoms with Crippen LogP contribution in [-0.2, 0) is 28.1 Å². The van der Waals surface area contributed by atoms with Crippen molar-refractivity contribution in [3.05, 3.63) is 107 Å². The average Bonchev–Trinajstić information content (AvgIpc) is 3.13. The summed E-state index contributed by atoms with van der Waals surface area (Å²) in [4.78, 5) is 42.3. The van der Waals surface area contributed by atoms with Gasteiger partial charge >= 0.3 is 6.03 Å². The molecule has 1 atom stereocenters. The highest BCUT2D eigenvalue weighted by Crippen LogP contribution is 2.32. The molecule has 4 rings (SSSR count). The van der Waals surface area contributed by atoms with E-state index in [0.29, 0.717) is 25.1 Å². The molecule has 1 aliphatic heterocycles. The van der Waals surface area contributed by atoms with Crippen molar-refractivity contribution in [3.8, 4) is 0 Å². The third-order valence-corrected chi connectivity index (χ3v) is 6.42. The van der Waals surface area contributed by atoms with E-state index in [9.17, 15) is 18.8 Å². The number of carbonyl (C=O) groups is 3. The predicted octanol–water partition coefficient (Wildman–Crippen LogP) is 4.25. The number of rotatable bonds is 9. The van der Waals surface area contributed by atoms with Crippen LogP contribution < -0.4 is 5.32 Å². The zero-order chi connectivity index (χ0) is 24.8. The molecule has 0 unspecified atom stereocenters. The number of halogens is 1. The Balaban J connectivity index is 1.53. The van der Waals surface area contributed by atoms with Gasteiger partial charge in [-0.15, -0.1) is 0 Å². The number of carbonyl (C=O) groups excluding carboxylic acids is 3. The third-order valence-electron chi connectivity index (χ3n) is 6.42. The van der Waals surface area contributed by atoms with Crippen LogP contribution in [0.5, 0.6) is 0 Å². The van der Waals surface area contributed by atoms with E-state index < -0.39 is 23.3 Å². The van der Waals surface area contributed by atoms with Gasteiger partial charge in [0.1, 0.15) is 17.9 Å². The molecular formula is C28H28FN3O3. The number of nitrogens with zero attached hydrogens (tertiary/aromatic N) is 2. The largest absolute Gasteiger partial charge is 0.336 e. The zero-order valence-corrected chi connectivity index (χ0v) is 19.6. The van der Waals surface area contributed by atoms with Gasteiger partial charge in [0.05, 0.1) is 0 Å². The predicted molar refractivity (Wildman–Crippen MR) is 131 cm³/mol. The van der Waals surface area contributed by atoms with Gasteiger partial charge in [0.25, 0.3) is 5.91 Å². The highest BCUT2D eigenvalue weighted by atomic mass is 19.1. The molecule has 4 amide bonds. The molecule has 0 spiro atoms. The lowest BCUT2D eigenvalue weighted by Gasteiger charge is -2.27. The van der Waals surface area contributed by atoms with Crippen molar-refractivity contribution in [1.29, 1.82) is 0 Å². The fraction of sp³-hybridized carbons (Fsp3) is 0.250. The van der Waals surface area contributed by atoms with Crippen LogP contribution in [0.3, 0.4) is 0 Å². The van der Waals surface area contributed by atoms with Crippen molar-refractivity contribution >= 4 is 17.8 Å². The van der Waals surface area contributed by atoms with E-state index in [2.05, 4.69) is 5.32 Å². The van der Waals surface area contributed by atoms with Crippen LogP contribution in [0.25, 0.3) is 0 Å². The van der Waals surface area contributed by atoms with Gasteiger partial charge in [-0.25, -0.2) is 9.18 Å². The van der Waals surface area contributed by atoms with E-state index in [1.165, 1.54) is 24.3 Å². The van der Waals surface area contributed by atoms with E-state index in [1.54, 1.807) is 11.8 Å². The van der Waals surface area contributed by atoms with E-state index in [0.717, 1.165) is 16.0 Å². The molecule has 1 N–H and O–H groups in total. The van der Waals surface area contributed by atoms with E-state index in [4.69, 9.17) is 0 Å². The summed E-state index contributed by atoms with van der Waals surface area (Å²) in [5, 5.41) is 2.75. The summed E-state index contributed by atoms with van der Waals surface area (Å²) in [6.07, 6.45) is 0.920. The lowest BCUT2D eigenvalue weighted by molar-refractivity contribution is -0.139. The van der Waals surface area contributed by atoms with Gasteiger partial charge in [-0.2, -0.15) is 0 Å². The molecule has 0 aliphatic carbocycles. The monoisotopic (exact) mass is 473 g/mol. The van der Waals surface area contributed by atoms with Crippen molar-refractivity contribution in [2.75, 3.05) is 13.1 Å². The minimum Gasteiger partial charge on any atom is -0.336 e. The second kappa shape index (κ2) is 10.5. The first-order valence-electron chi connectivity index (χ1n) is 11.7. The van der Waals surface area contributed by atoms with Gasteiger partial charge in [0.2, 0.25) is 5.91 Å². The molecule has 0 radical (unpaired) electrons. The Labute approximate surface area is 204 Å². The maximum atomic E-state index is 13.5. The first-order chi connectivity index (χ1) is 16.9. The molecule has 0 bridgehead atoms. The van der Waals surface area contributed by atoms with E-state index >= 15 is 0 Å². The van der Waals surface area contributed by atoms with Crippen LogP contribution in [-0.4, -0.2) is 40.7 Å². The lowest BCUT2D eigenvalue weighted by atomic mass is 9.87. The number of hydrogen-bond acceptors (Lipinski definition) is 3. The standard InChI is InChI=1S/C28H28FN3O3/c1-2-28(23-13-15-24(29)16-14-23)26(34)32(27(35)30-28)20-25(33)31(19-22-11-7-4-8-12-22)18-17-21-9-5-3-6-10-21/h3-16H,2,17-20H2,1H3,(H,30,35)/t28-/m0/s1. The Hall–Kier alpha value is -4.00. The number of imide groups is 1. The molecule has 180 valence electrons. The zero-order valence-electron chi connectivity index (χ0n) is 19.6. The van der Waals surface area contributed by atoms with Crippen molar-refractivity contribution < 1.29 is 18.8 Å². The minimum absolute atomic E-state index is 0.273. The summed E-state index contributed by atoms with van der Waals surface area (Å²) in [5.74, 6) is -1.26. The van der Waals surface area contributed by atoms with Crippen LogP contribution in [0.1, 0.15) is 30.0 Å². The third kappa shape index (κ3) is 5.24. The van der Waals surface area contributed by atoms with Gasteiger partial charge in [-0.05, 0) is 41.7 Å². The second-order valence-corrected chi connectivity index (χ2v) is 8.62. The molecule has 6 nitrogen and oxygen atoms in total. The van der Waals surface area contributed by atoms with Crippen molar-refractivity contribution in [2.24, 2.45) is 0 Å². The fourth-order valence-electron chi connectivity index (χ4n) is 4.38. The summed E-state index contributed by atoms with van der Waals surface area (Å²) in [6.45, 7) is 2.22. The van der Waals surface area contributed by atoms with Crippen molar-refractivity contribution in [2.45, 2.75) is 31.8 Å². The SMILES string of the molecule is CC[C@@]1(c2ccc(F)cc2)NC(=O)N(CC(=O)N(CCc2ccccc2)Cc2ccccc2)C1=O. The topological polar surface area (TPSA) is 69.7 Å². The van der Waals surface area contributed by atoms with Gasteiger partial charge in [-0.1, -0.05) is 79.7 Å². The minimum atomic E-state index is -1.32. The Morgan fingerprint density at radius 1 is 0.914 bits per heavy atom. The van der Waals surface area contributed by atoms with Crippen LogP contribution in [0.15, 0.2) is 84.9 Å². The van der Waals surface area contributed by atoms with Crippen LogP contribution in [0.4, 0.5) is 9.18 Å². The Kier molecular flexibility index (Phi) is 7.25. The number of benzene rings is 3. The van der Waals surface area contributed by atoms with Crippen LogP contribution >= 0.6 is 0 Å². The Bertz CT molecular complexity index is 1190. The molecule has 3 aromatic carbocycles. The number of urea groups is 1. The van der Waals surface area contributed by atoms with Crippen LogP contribution in [0.2, 0.25) is 0 Å². The molecule has 0 aromatic heterocycles. The Morgan fingerprint density at radius 3 is 2.11 bits per heavy atom. The second-order valence-electron chi connectivity index (χ2n) is 8.62. The molecule has 0 saturated carbocycles. The first-order valence-corrected chi connectivity index (χ1v) is 11.7. The van der Waals surface area contributed by atoms with Crippen molar-refractivity contribution in [1.82, 2.24) is 15.1 Å². The number of amides is 4. The highest BCUT2D eigenvalue weighted by Gasteiger charge is 2.51. The van der Waals surface area contributed by atoms with Gasteiger partial charge in [0, 0.05) is 13.1 Å². The smallest absolute Gasteiger partial charge is 0.325 e. The van der Waals surface area contributed by atoms with E-state index in [-0.39, 0.29) is 18.9 Å². The summed E-state index contributed by atoms with van der Waals surface area (Å²) in [6, 6.07) is 24.3. The van der Waals surface area contributed by atoms with Gasteiger partial charge < -0.3 is 10.2 Å². The summed E-state index contributed by atoms with van der Waals surface area (Å²) in [5.41, 5.74) is 1.22. The van der Waals surface area contributed by atoms with Crippen LogP contribution in [0, 0.1) is 5.82 Å². The normalized spacial score (nSPS) is 17.4. The molecular weight excluding hydrogens is 445 g/mol. The Morgan fingerprint density at radius 2 is 1.51 bits per heavy atom. The fourth-order valence-corrected chi connectivity index (χ4v) is 4.38. The summed E-state index contributed by atoms with van der Waals surface area (Å²) in [7, 11) is 0. The number of hydrogen-bond donors (Lipinski definition) is 1. The first kappa shape index (κ1) is 24.1. The van der Waals surface area contributed by atoms with Crippen molar-refractivity contribution in [3.63, 3.8) is 0 Å².